The molecular weight excluding hydrogens is 459 g/mol. The van der Waals surface area contributed by atoms with E-state index in [9.17, 15) is 36.6 Å². The topological polar surface area (TPSA) is 123 Å². The number of aromatic nitrogens is 1. The van der Waals surface area contributed by atoms with Crippen LogP contribution in [-0.4, -0.2) is 54.8 Å². The van der Waals surface area contributed by atoms with Gasteiger partial charge in [0, 0.05) is 11.6 Å². The van der Waals surface area contributed by atoms with E-state index >= 15 is 0 Å². The van der Waals surface area contributed by atoms with Crippen LogP contribution in [0.3, 0.4) is 0 Å². The Morgan fingerprint density at radius 3 is 2.52 bits per heavy atom. The van der Waals surface area contributed by atoms with Crippen LogP contribution in [-0.2, 0) is 10.0 Å². The quantitative estimate of drug-likeness (QED) is 0.456. The van der Waals surface area contributed by atoms with Gasteiger partial charge in [0.1, 0.15) is 22.2 Å². The number of nitrogens with one attached hydrogen (secondary N) is 2. The van der Waals surface area contributed by atoms with Crippen molar-refractivity contribution in [2.24, 2.45) is 0 Å². The lowest BCUT2D eigenvalue weighted by atomic mass is 10.0. The number of β-amino-alcohol motifs (C(OH)–C–C–N with tert-alkyl or cyclic N) is 2. The predicted molar refractivity (Wildman–Crippen MR) is 109 cm³/mol. The van der Waals surface area contributed by atoms with Gasteiger partial charge in [-0.3, -0.25) is 9.52 Å². The molecule has 1 aliphatic rings. The number of nitrogens with zero attached hydrogens (tertiary/aromatic N) is 1. The third-order valence-electron chi connectivity index (χ3n) is 4.92. The molecule has 13 heteroatoms. The second-order valence-corrected chi connectivity index (χ2v) is 10.0. The molecule has 3 heterocycles. The molecule has 4 N–H and O–H groups in total. The number of thiophene rings is 1. The maximum atomic E-state index is 14.4. The summed E-state index contributed by atoms with van der Waals surface area (Å²) in [5.74, 6) is -4.56. The first-order chi connectivity index (χ1) is 14.5. The van der Waals surface area contributed by atoms with Crippen LogP contribution < -0.4 is 15.2 Å². The highest BCUT2D eigenvalue weighted by molar-refractivity contribution is 7.94. The molecule has 4 rings (SSSR count). The fraction of sp³-hybridized carbons (Fsp3) is 0.278. The van der Waals surface area contributed by atoms with Gasteiger partial charge >= 0.3 is 5.92 Å². The number of halogens is 3. The number of fused-ring (bicyclic) bond motifs is 1. The van der Waals surface area contributed by atoms with Crippen LogP contribution in [0.2, 0.25) is 0 Å². The van der Waals surface area contributed by atoms with Crippen LogP contribution in [0.25, 0.3) is 10.8 Å². The third-order valence-corrected chi connectivity index (χ3v) is 7.93. The van der Waals surface area contributed by atoms with E-state index in [1.807, 2.05) is 0 Å². The highest BCUT2D eigenvalue weighted by Crippen LogP contribution is 2.36. The normalized spacial score (nSPS) is 21.4. The van der Waals surface area contributed by atoms with Gasteiger partial charge in [0.25, 0.3) is 15.6 Å². The third kappa shape index (κ3) is 3.89. The minimum atomic E-state index is -4.27. The molecule has 2 aromatic heterocycles. The molecule has 2 unspecified atom stereocenters. The van der Waals surface area contributed by atoms with Gasteiger partial charge in [-0.2, -0.15) is 0 Å². The summed E-state index contributed by atoms with van der Waals surface area (Å²) >= 11 is 0.700. The maximum Gasteiger partial charge on any atom is 0.302 e. The van der Waals surface area contributed by atoms with E-state index in [0.717, 1.165) is 12.1 Å². The molecule has 0 saturated carbocycles. The zero-order valence-corrected chi connectivity index (χ0v) is 17.2. The molecule has 0 aliphatic carbocycles. The number of anilines is 2. The molecule has 0 bridgehead atoms. The number of sulfonamides is 1. The average molecular weight is 475 g/mol. The lowest BCUT2D eigenvalue weighted by Crippen LogP contribution is -2.59. The number of H-pyrrole nitrogens is 1. The summed E-state index contributed by atoms with van der Waals surface area (Å²) in [6, 6.07) is 6.10. The number of hydrogen-bond donors (Lipinski definition) is 4. The molecule has 0 spiro atoms. The number of hydrogen-bond acceptors (Lipinski definition) is 7. The van der Waals surface area contributed by atoms with Gasteiger partial charge in [-0.25, -0.2) is 21.6 Å². The molecule has 1 aromatic carbocycles. The molecule has 1 fully saturated rings. The summed E-state index contributed by atoms with van der Waals surface area (Å²) in [5.41, 5.74) is -0.946. The second kappa shape index (κ2) is 7.51. The van der Waals surface area contributed by atoms with Crippen molar-refractivity contribution in [2.45, 2.75) is 22.3 Å². The first kappa shape index (κ1) is 21.6. The Balaban J connectivity index is 1.61. The van der Waals surface area contributed by atoms with E-state index in [-0.39, 0.29) is 14.6 Å². The highest BCUT2D eigenvalue weighted by Gasteiger charge is 2.50. The van der Waals surface area contributed by atoms with Gasteiger partial charge in [-0.15, -0.1) is 11.3 Å². The monoisotopic (exact) mass is 475 g/mol. The molecule has 8 nitrogen and oxygen atoms in total. The van der Waals surface area contributed by atoms with E-state index in [4.69, 9.17) is 0 Å². The van der Waals surface area contributed by atoms with Crippen LogP contribution in [0.15, 0.2) is 45.5 Å². The lowest BCUT2D eigenvalue weighted by molar-refractivity contribution is -0.181. The zero-order chi connectivity index (χ0) is 22.6. The van der Waals surface area contributed by atoms with Gasteiger partial charge in [0.05, 0.1) is 23.8 Å². The van der Waals surface area contributed by atoms with E-state index in [1.165, 1.54) is 29.3 Å². The number of aliphatic hydroxyl groups is 2. The zero-order valence-electron chi connectivity index (χ0n) is 15.5. The van der Waals surface area contributed by atoms with E-state index in [2.05, 4.69) is 9.71 Å². The minimum Gasteiger partial charge on any atom is -0.385 e. The van der Waals surface area contributed by atoms with Crippen molar-refractivity contribution in [2.75, 3.05) is 22.7 Å². The molecule has 0 radical (unpaired) electrons. The van der Waals surface area contributed by atoms with Crippen molar-refractivity contribution < 1.29 is 31.8 Å². The van der Waals surface area contributed by atoms with Crippen molar-refractivity contribution in [1.82, 2.24) is 4.98 Å². The summed E-state index contributed by atoms with van der Waals surface area (Å²) in [4.78, 5) is 15.6. The van der Waals surface area contributed by atoms with Crippen LogP contribution in [0.1, 0.15) is 0 Å². The standard InChI is InChI=1S/C18H16F3N3O5S2/c19-11-5-9-3-4-22-17(27)10(9)6-12(11)23-31(28,29)16-2-1-15(30-16)24-7-13(25)18(20,21)14(26)8-24/h1-6,13-14,23,25-26H,7-8H2,(H,22,27). The molecule has 166 valence electrons. The Morgan fingerprint density at radius 1 is 1.16 bits per heavy atom. The first-order valence-corrected chi connectivity index (χ1v) is 11.2. The molecule has 2 atom stereocenters. The molecule has 31 heavy (non-hydrogen) atoms. The van der Waals surface area contributed by atoms with E-state index < -0.39 is 58.3 Å². The summed E-state index contributed by atoms with van der Waals surface area (Å²) in [7, 11) is -4.27. The second-order valence-electron chi connectivity index (χ2n) is 7.04. The summed E-state index contributed by atoms with van der Waals surface area (Å²) < 4.78 is 68.9. The number of alkyl halides is 2. The molecule has 3 aromatic rings. The summed E-state index contributed by atoms with van der Waals surface area (Å²) in [6.45, 7) is -1.00. The van der Waals surface area contributed by atoms with Gasteiger partial charge < -0.3 is 20.1 Å². The lowest BCUT2D eigenvalue weighted by Gasteiger charge is -2.39. The van der Waals surface area contributed by atoms with Gasteiger partial charge in [0.15, 0.2) is 0 Å². The number of aliphatic hydroxyl groups excluding tert-OH is 2. The van der Waals surface area contributed by atoms with Crippen LogP contribution in [0, 0.1) is 5.82 Å². The SMILES string of the molecule is O=c1[nH]ccc2cc(F)c(NS(=O)(=O)c3ccc(N4CC(O)C(F)(F)C(O)C4)s3)cc12. The van der Waals surface area contributed by atoms with Gasteiger partial charge in [-0.1, -0.05) is 0 Å². The fourth-order valence-corrected chi connectivity index (χ4v) is 5.61. The molecule has 0 amide bonds. The van der Waals surface area contributed by atoms with Gasteiger partial charge in [-0.05, 0) is 35.7 Å². The van der Waals surface area contributed by atoms with Crippen LogP contribution in [0.4, 0.5) is 23.9 Å². The Bertz CT molecular complexity index is 1290. The number of benzene rings is 1. The van der Waals surface area contributed by atoms with Crippen molar-refractivity contribution in [3.63, 3.8) is 0 Å². The number of aromatic amines is 1. The Labute approximate surface area is 177 Å². The van der Waals surface area contributed by atoms with Crippen molar-refractivity contribution in [3.05, 3.63) is 52.7 Å². The number of pyridine rings is 1. The summed E-state index contributed by atoms with van der Waals surface area (Å²) in [5, 5.41) is 19.8. The first-order valence-electron chi connectivity index (χ1n) is 8.91. The van der Waals surface area contributed by atoms with Gasteiger partial charge in [0.2, 0.25) is 0 Å². The van der Waals surface area contributed by atoms with Crippen molar-refractivity contribution >= 4 is 42.8 Å². The van der Waals surface area contributed by atoms with Crippen molar-refractivity contribution in [3.8, 4) is 0 Å². The Morgan fingerprint density at radius 2 is 1.84 bits per heavy atom. The highest BCUT2D eigenvalue weighted by atomic mass is 32.2. The van der Waals surface area contributed by atoms with E-state index in [1.54, 1.807) is 0 Å². The van der Waals surface area contributed by atoms with Crippen LogP contribution in [0.5, 0.6) is 0 Å². The Kier molecular flexibility index (Phi) is 5.24. The number of rotatable bonds is 4. The molecular formula is C18H16F3N3O5S2. The predicted octanol–water partition coefficient (Wildman–Crippen LogP) is 1.71. The minimum absolute atomic E-state index is 0.0886. The Hall–Kier alpha value is -2.61. The fourth-order valence-electron chi connectivity index (χ4n) is 3.24. The van der Waals surface area contributed by atoms with E-state index in [0.29, 0.717) is 16.7 Å². The maximum absolute atomic E-state index is 14.4. The molecule has 1 aliphatic heterocycles. The van der Waals surface area contributed by atoms with Crippen molar-refractivity contribution in [1.29, 1.82) is 0 Å². The summed E-state index contributed by atoms with van der Waals surface area (Å²) in [6.07, 6.45) is -2.91. The molecule has 1 saturated heterocycles. The average Bonchev–Trinajstić information content (AvgIpc) is 3.18. The smallest absolute Gasteiger partial charge is 0.302 e. The number of piperidine rings is 1. The van der Waals surface area contributed by atoms with Crippen LogP contribution >= 0.6 is 11.3 Å². The largest absolute Gasteiger partial charge is 0.385 e.